The Morgan fingerprint density at radius 3 is 2.74 bits per heavy atom. The van der Waals surface area contributed by atoms with E-state index in [4.69, 9.17) is 13.9 Å². The maximum absolute atomic E-state index is 13.5. The Kier molecular flexibility index (Phi) is 8.60. The first kappa shape index (κ1) is 26.9. The van der Waals surface area contributed by atoms with Crippen LogP contribution in [0.4, 0.5) is 5.69 Å². The average molecular weight is 568 g/mol. The molecule has 0 fully saturated rings. The smallest absolute Gasteiger partial charge is 0.318 e. The van der Waals surface area contributed by atoms with Crippen molar-refractivity contribution in [3.63, 3.8) is 0 Å². The van der Waals surface area contributed by atoms with Gasteiger partial charge in [-0.25, -0.2) is 9.19 Å². The Hall–Kier alpha value is -3.67. The summed E-state index contributed by atoms with van der Waals surface area (Å²) in [4.78, 5) is 17.1. The van der Waals surface area contributed by atoms with Crippen LogP contribution in [0.5, 0.6) is 11.7 Å². The summed E-state index contributed by atoms with van der Waals surface area (Å²) in [5.74, 6) is 0.535. The molecule has 0 radical (unpaired) electrons. The van der Waals surface area contributed by atoms with Crippen LogP contribution < -0.4 is 13.8 Å². The fourth-order valence-corrected chi connectivity index (χ4v) is 6.48. The number of ether oxygens (including phenoxy) is 2. The number of carboxylic acid groups (broad SMARTS) is 1. The first-order chi connectivity index (χ1) is 19.0. The van der Waals surface area contributed by atoms with Crippen molar-refractivity contribution >= 4 is 34.2 Å². The minimum atomic E-state index is -1.64. The number of nitrogens with zero attached hydrogens (tertiary/aromatic N) is 3. The van der Waals surface area contributed by atoms with Crippen LogP contribution in [-0.4, -0.2) is 51.4 Å². The van der Waals surface area contributed by atoms with Crippen LogP contribution in [0.2, 0.25) is 0 Å². The number of carboxylic acids is 1. The third-order valence-corrected chi connectivity index (χ3v) is 8.57. The van der Waals surface area contributed by atoms with Gasteiger partial charge in [-0.3, -0.25) is 9.10 Å². The van der Waals surface area contributed by atoms with Crippen LogP contribution in [0.3, 0.4) is 0 Å². The highest BCUT2D eigenvalue weighted by atomic mass is 32.2. The normalized spacial score (nSPS) is 13.7. The molecule has 9 nitrogen and oxygen atoms in total. The number of carbonyl (C=O) groups is 1. The zero-order chi connectivity index (χ0) is 27.2. The fraction of sp³-hybridized carbons (Fsp3) is 0.286. The third-order valence-electron chi connectivity index (χ3n) is 6.26. The lowest BCUT2D eigenvalue weighted by Gasteiger charge is -2.33. The molecule has 1 atom stereocenters. The first-order valence-electron chi connectivity index (χ1n) is 12.6. The Morgan fingerprint density at radius 1 is 1.18 bits per heavy atom. The number of rotatable bonds is 12. The number of aromatic nitrogens is 1. The van der Waals surface area contributed by atoms with E-state index in [1.165, 1.54) is 4.31 Å². The summed E-state index contributed by atoms with van der Waals surface area (Å²) in [6, 6.07) is 19.1. The van der Waals surface area contributed by atoms with Crippen LogP contribution in [0.15, 0.2) is 70.5 Å². The van der Waals surface area contributed by atoms with Gasteiger partial charge in [0.25, 0.3) is 0 Å². The Balaban J connectivity index is 1.21. The fourth-order valence-electron chi connectivity index (χ4n) is 4.44. The molecule has 5 rings (SSSR count). The summed E-state index contributed by atoms with van der Waals surface area (Å²) in [7, 11) is 1.55. The molecule has 0 saturated heterocycles. The Morgan fingerprint density at radius 2 is 2.00 bits per heavy atom. The second-order valence-corrected chi connectivity index (χ2v) is 11.3. The zero-order valence-corrected chi connectivity index (χ0v) is 23.1. The number of hydrogen-bond donors (Lipinski definition) is 1. The van der Waals surface area contributed by atoms with Gasteiger partial charge in [0.15, 0.2) is 11.2 Å². The number of benzene rings is 2. The maximum atomic E-state index is 13.5. The largest absolute Gasteiger partial charge is 0.493 e. The molecule has 2 aromatic carbocycles. The lowest BCUT2D eigenvalue weighted by molar-refractivity contribution is -0.137. The van der Waals surface area contributed by atoms with Crippen LogP contribution in [0.25, 0.3) is 10.8 Å². The van der Waals surface area contributed by atoms with Gasteiger partial charge in [0.1, 0.15) is 18.0 Å². The first-order valence-corrected chi connectivity index (χ1v) is 14.5. The number of fused-ring (bicyclic) bond motifs is 1. The standard InChI is InChI=1S/C28H29N3O6S2/c1-35-28-23(29-27(37-28)25-9-5-17-38-25)14-16-36-22-12-10-20(11-13-22)18-30(19-26(32)33)39(34)31-15-4-7-21-6-2-3-8-24(21)31/h2-3,5-6,8-13,17H,4,7,14-16,18-19H2,1H3,(H,32,33). The highest BCUT2D eigenvalue weighted by Crippen LogP contribution is 2.31. The van der Waals surface area contributed by atoms with E-state index in [1.807, 2.05) is 66.0 Å². The van der Waals surface area contributed by atoms with E-state index >= 15 is 0 Å². The Labute approximate surface area is 233 Å². The van der Waals surface area contributed by atoms with E-state index < -0.39 is 17.1 Å². The molecule has 1 aliphatic rings. The summed E-state index contributed by atoms with van der Waals surface area (Å²) < 4.78 is 33.8. The number of methoxy groups -OCH3 is 1. The highest BCUT2D eigenvalue weighted by Gasteiger charge is 2.27. The number of aliphatic carboxylic acids is 1. The van der Waals surface area contributed by atoms with Gasteiger partial charge in [0, 0.05) is 19.5 Å². The number of aryl methyl sites for hydroxylation is 1. The molecule has 11 heteroatoms. The molecule has 1 aliphatic heterocycles. The van der Waals surface area contributed by atoms with Gasteiger partial charge in [0.05, 0.1) is 24.3 Å². The van der Waals surface area contributed by atoms with Gasteiger partial charge < -0.3 is 19.0 Å². The predicted molar refractivity (Wildman–Crippen MR) is 150 cm³/mol. The molecule has 1 unspecified atom stereocenters. The SMILES string of the molecule is COc1oc(-c2cccs2)nc1CCOc1ccc(CN(CC(=O)O)S(=O)N2CCCc3ccccc32)cc1. The highest BCUT2D eigenvalue weighted by molar-refractivity contribution is 7.84. The summed E-state index contributed by atoms with van der Waals surface area (Å²) in [6.07, 6.45) is 2.29. The number of oxazole rings is 1. The average Bonchev–Trinajstić information content (AvgIpc) is 3.63. The molecule has 204 valence electrons. The van der Waals surface area contributed by atoms with Crippen LogP contribution in [0.1, 0.15) is 23.2 Å². The number of hydrogen-bond acceptors (Lipinski definition) is 7. The Bertz CT molecular complexity index is 1420. The van der Waals surface area contributed by atoms with Crippen molar-refractivity contribution < 1.29 is 28.0 Å². The quantitative estimate of drug-likeness (QED) is 0.258. The molecule has 0 spiro atoms. The van der Waals surface area contributed by atoms with Gasteiger partial charge in [-0.2, -0.15) is 4.31 Å². The molecule has 3 heterocycles. The topological polar surface area (TPSA) is 105 Å². The molecule has 0 saturated carbocycles. The number of anilines is 1. The minimum absolute atomic E-state index is 0.222. The number of thiophene rings is 1. The predicted octanol–water partition coefficient (Wildman–Crippen LogP) is 4.95. The van der Waals surface area contributed by atoms with E-state index in [2.05, 4.69) is 4.98 Å². The second-order valence-electron chi connectivity index (χ2n) is 8.93. The van der Waals surface area contributed by atoms with E-state index in [9.17, 15) is 14.1 Å². The molecule has 0 aliphatic carbocycles. The van der Waals surface area contributed by atoms with Gasteiger partial charge in [-0.1, -0.05) is 36.4 Å². The lowest BCUT2D eigenvalue weighted by atomic mass is 10.0. The van der Waals surface area contributed by atoms with Crippen molar-refractivity contribution in [3.8, 4) is 22.5 Å². The van der Waals surface area contributed by atoms with Gasteiger partial charge >= 0.3 is 11.9 Å². The molecule has 4 aromatic rings. The summed E-state index contributed by atoms with van der Waals surface area (Å²) >= 11 is -0.0993. The van der Waals surface area contributed by atoms with Crippen molar-refractivity contribution in [1.29, 1.82) is 0 Å². The molecule has 0 amide bonds. The lowest BCUT2D eigenvalue weighted by Crippen LogP contribution is -2.43. The van der Waals surface area contributed by atoms with Crippen molar-refractivity contribution in [2.75, 3.05) is 31.1 Å². The molecule has 0 bridgehead atoms. The number of para-hydroxylation sites is 1. The second kappa shape index (κ2) is 12.5. The van der Waals surface area contributed by atoms with E-state index in [-0.39, 0.29) is 13.1 Å². The van der Waals surface area contributed by atoms with Crippen LogP contribution in [-0.2, 0) is 35.4 Å². The van der Waals surface area contributed by atoms with Crippen molar-refractivity contribution in [2.24, 2.45) is 0 Å². The third kappa shape index (κ3) is 6.49. The van der Waals surface area contributed by atoms with Crippen molar-refractivity contribution in [3.05, 3.63) is 82.9 Å². The van der Waals surface area contributed by atoms with Crippen LogP contribution in [0, 0.1) is 0 Å². The molecule has 39 heavy (non-hydrogen) atoms. The monoisotopic (exact) mass is 567 g/mol. The zero-order valence-electron chi connectivity index (χ0n) is 21.4. The molecular weight excluding hydrogens is 538 g/mol. The summed E-state index contributed by atoms with van der Waals surface area (Å²) in [5, 5.41) is 11.5. The minimum Gasteiger partial charge on any atom is -0.493 e. The van der Waals surface area contributed by atoms with Crippen molar-refractivity contribution in [1.82, 2.24) is 9.29 Å². The van der Waals surface area contributed by atoms with Crippen molar-refractivity contribution in [2.45, 2.75) is 25.8 Å². The van der Waals surface area contributed by atoms with E-state index in [1.54, 1.807) is 22.8 Å². The molecule has 2 aromatic heterocycles. The van der Waals surface area contributed by atoms with Gasteiger partial charge in [-0.15, -0.1) is 11.3 Å². The molecular formula is C28H29N3O6S2. The molecule has 1 N–H and O–H groups in total. The van der Waals surface area contributed by atoms with Crippen LogP contribution >= 0.6 is 11.3 Å². The van der Waals surface area contributed by atoms with E-state index in [0.717, 1.165) is 34.5 Å². The van der Waals surface area contributed by atoms with E-state index in [0.29, 0.717) is 42.9 Å². The van der Waals surface area contributed by atoms with Gasteiger partial charge in [-0.05, 0) is 53.6 Å². The summed E-state index contributed by atoms with van der Waals surface area (Å²) in [5.41, 5.74) is 3.54. The maximum Gasteiger partial charge on any atom is 0.318 e. The summed E-state index contributed by atoms with van der Waals surface area (Å²) in [6.45, 7) is 0.864. The van der Waals surface area contributed by atoms with Gasteiger partial charge in [0.2, 0.25) is 5.89 Å².